The molecule has 0 heterocycles. The molecule has 0 unspecified atom stereocenters. The van der Waals surface area contributed by atoms with Crippen LogP contribution in [0.25, 0.3) is 0 Å². The number of carbonyl (C=O) groups excluding carboxylic acids is 1. The standard InChI is InChI=1S/C22H27FN4O/c1-16-8-9-17(14-19(16)23)20(28)25-12-13-26-21(24-2)27-15-22(10-11-22)18-6-4-3-5-7-18/h3-9,14H,10-13,15H2,1-2H3,(H,25,28)(H2,24,26,27). The molecule has 28 heavy (non-hydrogen) atoms. The molecule has 0 aliphatic heterocycles. The molecule has 2 aromatic carbocycles. The van der Waals surface area contributed by atoms with Crippen LogP contribution in [0.4, 0.5) is 4.39 Å². The minimum atomic E-state index is -0.372. The van der Waals surface area contributed by atoms with Crippen LogP contribution in [0, 0.1) is 12.7 Å². The van der Waals surface area contributed by atoms with E-state index in [0.717, 1.165) is 6.54 Å². The van der Waals surface area contributed by atoms with Gasteiger partial charge in [-0.25, -0.2) is 4.39 Å². The third kappa shape index (κ3) is 4.88. The van der Waals surface area contributed by atoms with Crippen LogP contribution in [0.5, 0.6) is 0 Å². The number of aryl methyl sites for hydroxylation is 1. The van der Waals surface area contributed by atoms with Crippen molar-refractivity contribution < 1.29 is 9.18 Å². The molecule has 6 heteroatoms. The Kier molecular flexibility index (Phi) is 6.29. The number of amides is 1. The van der Waals surface area contributed by atoms with Crippen molar-refractivity contribution in [1.29, 1.82) is 0 Å². The number of halogens is 1. The van der Waals surface area contributed by atoms with Crippen LogP contribution in [-0.4, -0.2) is 38.5 Å². The topological polar surface area (TPSA) is 65.5 Å². The molecule has 1 saturated carbocycles. The molecule has 0 atom stereocenters. The molecule has 0 aromatic heterocycles. The van der Waals surface area contributed by atoms with Crippen molar-refractivity contribution in [3.05, 3.63) is 71.0 Å². The smallest absolute Gasteiger partial charge is 0.251 e. The first kappa shape index (κ1) is 19.9. The van der Waals surface area contributed by atoms with Gasteiger partial charge >= 0.3 is 0 Å². The molecule has 5 nitrogen and oxygen atoms in total. The van der Waals surface area contributed by atoms with Gasteiger partial charge in [-0.1, -0.05) is 36.4 Å². The summed E-state index contributed by atoms with van der Waals surface area (Å²) in [7, 11) is 1.73. The minimum absolute atomic E-state index is 0.197. The average molecular weight is 382 g/mol. The van der Waals surface area contributed by atoms with E-state index in [1.807, 2.05) is 6.07 Å². The van der Waals surface area contributed by atoms with E-state index >= 15 is 0 Å². The molecule has 1 amide bonds. The number of benzene rings is 2. The predicted molar refractivity (Wildman–Crippen MR) is 110 cm³/mol. The summed E-state index contributed by atoms with van der Waals surface area (Å²) in [4.78, 5) is 16.3. The van der Waals surface area contributed by atoms with Crippen LogP contribution in [0.1, 0.15) is 34.3 Å². The van der Waals surface area contributed by atoms with Crippen LogP contribution in [0.2, 0.25) is 0 Å². The quantitative estimate of drug-likeness (QED) is 0.392. The maximum atomic E-state index is 13.6. The SMILES string of the molecule is CN=C(NCCNC(=O)c1ccc(C)c(F)c1)NCC1(c2ccccc2)CC1. The van der Waals surface area contributed by atoms with Crippen molar-refractivity contribution in [3.63, 3.8) is 0 Å². The normalized spacial score (nSPS) is 15.0. The number of nitrogens with zero attached hydrogens (tertiary/aromatic N) is 1. The van der Waals surface area contributed by atoms with E-state index in [0.29, 0.717) is 30.2 Å². The lowest BCUT2D eigenvalue weighted by Crippen LogP contribution is -2.44. The van der Waals surface area contributed by atoms with Crippen molar-refractivity contribution >= 4 is 11.9 Å². The number of aliphatic imine (C=N–C) groups is 1. The molecule has 2 aromatic rings. The maximum Gasteiger partial charge on any atom is 0.251 e. The van der Waals surface area contributed by atoms with Crippen LogP contribution in [-0.2, 0) is 5.41 Å². The molecule has 148 valence electrons. The zero-order valence-electron chi connectivity index (χ0n) is 16.4. The summed E-state index contributed by atoms with van der Waals surface area (Å²) in [5.74, 6) is 0.0466. The minimum Gasteiger partial charge on any atom is -0.356 e. The van der Waals surface area contributed by atoms with Crippen molar-refractivity contribution in [1.82, 2.24) is 16.0 Å². The summed E-state index contributed by atoms with van der Waals surface area (Å²) < 4.78 is 13.6. The molecule has 3 rings (SSSR count). The van der Waals surface area contributed by atoms with Crippen LogP contribution in [0.15, 0.2) is 53.5 Å². The van der Waals surface area contributed by atoms with Crippen LogP contribution >= 0.6 is 0 Å². The third-order valence-corrected chi connectivity index (χ3v) is 5.19. The second-order valence-corrected chi connectivity index (χ2v) is 7.22. The van der Waals surface area contributed by atoms with E-state index in [1.54, 1.807) is 26.1 Å². The predicted octanol–water partition coefficient (Wildman–Crippen LogP) is 2.76. The fourth-order valence-electron chi connectivity index (χ4n) is 3.18. The van der Waals surface area contributed by atoms with Gasteiger partial charge in [0.05, 0.1) is 0 Å². The zero-order chi connectivity index (χ0) is 20.0. The monoisotopic (exact) mass is 382 g/mol. The number of guanidine groups is 1. The Morgan fingerprint density at radius 1 is 1.07 bits per heavy atom. The first-order valence-corrected chi connectivity index (χ1v) is 9.58. The summed E-state index contributed by atoms with van der Waals surface area (Å²) in [6.07, 6.45) is 2.34. The van der Waals surface area contributed by atoms with Gasteiger partial charge in [-0.05, 0) is 43.0 Å². The van der Waals surface area contributed by atoms with Gasteiger partial charge in [0.25, 0.3) is 5.91 Å². The second-order valence-electron chi connectivity index (χ2n) is 7.22. The van der Waals surface area contributed by atoms with Gasteiger partial charge in [-0.2, -0.15) is 0 Å². The van der Waals surface area contributed by atoms with Crippen LogP contribution in [0.3, 0.4) is 0 Å². The first-order chi connectivity index (χ1) is 13.5. The number of rotatable bonds is 7. The highest BCUT2D eigenvalue weighted by molar-refractivity contribution is 5.94. The summed E-state index contributed by atoms with van der Waals surface area (Å²) in [5, 5.41) is 9.36. The molecule has 3 N–H and O–H groups in total. The number of carbonyl (C=O) groups is 1. The van der Waals surface area contributed by atoms with Gasteiger partial charge in [-0.15, -0.1) is 0 Å². The Balaban J connectivity index is 1.41. The summed E-state index contributed by atoms with van der Waals surface area (Å²) >= 11 is 0. The van der Waals surface area contributed by atoms with Crippen molar-refractivity contribution in [2.45, 2.75) is 25.2 Å². The van der Waals surface area contributed by atoms with E-state index in [9.17, 15) is 9.18 Å². The van der Waals surface area contributed by atoms with E-state index in [4.69, 9.17) is 0 Å². The van der Waals surface area contributed by atoms with Gasteiger partial charge in [0.15, 0.2) is 5.96 Å². The first-order valence-electron chi connectivity index (χ1n) is 9.58. The lowest BCUT2D eigenvalue weighted by Gasteiger charge is -2.19. The molecule has 0 bridgehead atoms. The Labute approximate surface area is 165 Å². The Bertz CT molecular complexity index is 847. The summed E-state index contributed by atoms with van der Waals surface area (Å²) in [6, 6.07) is 15.0. The van der Waals surface area contributed by atoms with Gasteiger partial charge in [-0.3, -0.25) is 9.79 Å². The van der Waals surface area contributed by atoms with E-state index in [-0.39, 0.29) is 17.1 Å². The molecule has 1 aliphatic carbocycles. The van der Waals surface area contributed by atoms with E-state index < -0.39 is 0 Å². The van der Waals surface area contributed by atoms with Gasteiger partial charge < -0.3 is 16.0 Å². The summed E-state index contributed by atoms with van der Waals surface area (Å²) in [6.45, 7) is 3.44. The molecule has 0 spiro atoms. The highest BCUT2D eigenvalue weighted by atomic mass is 19.1. The average Bonchev–Trinajstić information content (AvgIpc) is 3.51. The lowest BCUT2D eigenvalue weighted by atomic mass is 9.96. The van der Waals surface area contributed by atoms with E-state index in [1.165, 1.54) is 24.5 Å². The van der Waals surface area contributed by atoms with Gasteiger partial charge in [0, 0.05) is 37.7 Å². The maximum absolute atomic E-state index is 13.6. The number of nitrogens with one attached hydrogen (secondary N) is 3. The molecular weight excluding hydrogens is 355 g/mol. The highest BCUT2D eigenvalue weighted by Crippen LogP contribution is 2.47. The number of hydrogen-bond donors (Lipinski definition) is 3. The highest BCUT2D eigenvalue weighted by Gasteiger charge is 2.43. The summed E-state index contributed by atoms with van der Waals surface area (Å²) in [5.41, 5.74) is 2.40. The van der Waals surface area contributed by atoms with Gasteiger partial charge in [0.1, 0.15) is 5.82 Å². The zero-order valence-corrected chi connectivity index (χ0v) is 16.4. The van der Waals surface area contributed by atoms with Gasteiger partial charge in [0.2, 0.25) is 0 Å². The molecule has 1 aliphatic rings. The van der Waals surface area contributed by atoms with Crippen molar-refractivity contribution in [2.75, 3.05) is 26.7 Å². The Morgan fingerprint density at radius 3 is 2.43 bits per heavy atom. The molecule has 1 fully saturated rings. The molecular formula is C22H27FN4O. The van der Waals surface area contributed by atoms with E-state index in [2.05, 4.69) is 45.2 Å². The van der Waals surface area contributed by atoms with Crippen molar-refractivity contribution in [3.8, 4) is 0 Å². The fraction of sp³-hybridized carbons (Fsp3) is 0.364. The Hall–Kier alpha value is -2.89. The third-order valence-electron chi connectivity index (χ3n) is 5.19. The fourth-order valence-corrected chi connectivity index (χ4v) is 3.18. The largest absolute Gasteiger partial charge is 0.356 e. The second kappa shape index (κ2) is 8.87. The number of hydrogen-bond acceptors (Lipinski definition) is 2. The van der Waals surface area contributed by atoms with Crippen molar-refractivity contribution in [2.24, 2.45) is 4.99 Å². The lowest BCUT2D eigenvalue weighted by molar-refractivity contribution is 0.0954. The Morgan fingerprint density at radius 2 is 1.79 bits per heavy atom. The van der Waals surface area contributed by atoms with Crippen LogP contribution < -0.4 is 16.0 Å². The molecule has 0 radical (unpaired) electrons. The molecule has 0 saturated heterocycles.